The molecule has 1 aromatic heterocycles. The van der Waals surface area contributed by atoms with Crippen molar-refractivity contribution in [3.05, 3.63) is 48.4 Å². The van der Waals surface area contributed by atoms with E-state index in [0.717, 1.165) is 17.1 Å². The lowest BCUT2D eigenvalue weighted by Crippen LogP contribution is -2.15. The minimum absolute atomic E-state index is 0.746. The summed E-state index contributed by atoms with van der Waals surface area (Å²) in [5.74, 6) is 0.746. The van der Waals surface area contributed by atoms with Crippen LogP contribution < -0.4 is 5.32 Å². The lowest BCUT2D eigenvalue weighted by atomic mass is 9.98. The summed E-state index contributed by atoms with van der Waals surface area (Å²) in [5, 5.41) is 13.0. The van der Waals surface area contributed by atoms with Gasteiger partial charge in [0.25, 0.3) is 0 Å². The number of hydrogen-bond acceptors (Lipinski definition) is 4. The van der Waals surface area contributed by atoms with Gasteiger partial charge < -0.3 is 10.4 Å². The van der Waals surface area contributed by atoms with Crippen molar-refractivity contribution < 1.29 is 5.11 Å². The van der Waals surface area contributed by atoms with Crippen molar-refractivity contribution in [1.29, 1.82) is 0 Å². The number of aromatic nitrogens is 2. The van der Waals surface area contributed by atoms with E-state index in [4.69, 9.17) is 0 Å². The molecule has 0 radical (unpaired) electrons. The highest BCUT2D eigenvalue weighted by atomic mass is 16.3. The standard InChI is InChI=1S/C13H15N3O/c1-13(2,17)10-3-5-11(6-4-10)16-12-7-8-14-9-15-12/h3-9,17H,1-2H3,(H,14,15,16). The van der Waals surface area contributed by atoms with Gasteiger partial charge in [-0.25, -0.2) is 9.97 Å². The first-order valence-electron chi connectivity index (χ1n) is 5.42. The van der Waals surface area contributed by atoms with E-state index in [9.17, 15) is 5.11 Å². The first-order chi connectivity index (χ1) is 8.05. The van der Waals surface area contributed by atoms with E-state index in [1.54, 1.807) is 26.1 Å². The van der Waals surface area contributed by atoms with Gasteiger partial charge in [0.2, 0.25) is 0 Å². The molecule has 0 atom stereocenters. The Morgan fingerprint density at radius 2 is 1.82 bits per heavy atom. The van der Waals surface area contributed by atoms with Gasteiger partial charge in [0.1, 0.15) is 12.1 Å². The van der Waals surface area contributed by atoms with Crippen LogP contribution in [0.2, 0.25) is 0 Å². The van der Waals surface area contributed by atoms with E-state index in [0.29, 0.717) is 0 Å². The maximum Gasteiger partial charge on any atom is 0.133 e. The monoisotopic (exact) mass is 229 g/mol. The molecule has 4 heteroatoms. The number of aliphatic hydroxyl groups is 1. The summed E-state index contributed by atoms with van der Waals surface area (Å²) in [6, 6.07) is 9.40. The topological polar surface area (TPSA) is 58.0 Å². The molecule has 0 unspecified atom stereocenters. The van der Waals surface area contributed by atoms with E-state index >= 15 is 0 Å². The molecule has 88 valence electrons. The molecule has 0 saturated heterocycles. The smallest absolute Gasteiger partial charge is 0.133 e. The fraction of sp³-hybridized carbons (Fsp3) is 0.231. The molecule has 0 aliphatic carbocycles. The van der Waals surface area contributed by atoms with Crippen LogP contribution in [0.5, 0.6) is 0 Å². The van der Waals surface area contributed by atoms with Crippen LogP contribution in [0, 0.1) is 0 Å². The number of nitrogens with zero attached hydrogens (tertiary/aromatic N) is 2. The number of anilines is 2. The molecule has 2 rings (SSSR count). The van der Waals surface area contributed by atoms with Crippen molar-refractivity contribution in [2.24, 2.45) is 0 Å². The number of nitrogens with one attached hydrogen (secondary N) is 1. The average molecular weight is 229 g/mol. The number of hydrogen-bond donors (Lipinski definition) is 2. The molecule has 0 amide bonds. The minimum atomic E-state index is -0.812. The van der Waals surface area contributed by atoms with Crippen LogP contribution in [-0.4, -0.2) is 15.1 Å². The zero-order valence-electron chi connectivity index (χ0n) is 9.88. The molecule has 1 heterocycles. The van der Waals surface area contributed by atoms with Crippen LogP contribution in [0.25, 0.3) is 0 Å². The van der Waals surface area contributed by atoms with Gasteiger partial charge in [-0.05, 0) is 37.6 Å². The quantitative estimate of drug-likeness (QED) is 0.848. The Morgan fingerprint density at radius 1 is 1.12 bits per heavy atom. The molecule has 0 bridgehead atoms. The van der Waals surface area contributed by atoms with Crippen LogP contribution >= 0.6 is 0 Å². The molecule has 0 spiro atoms. The van der Waals surface area contributed by atoms with Crippen LogP contribution in [0.4, 0.5) is 11.5 Å². The Balaban J connectivity index is 2.14. The summed E-state index contributed by atoms with van der Waals surface area (Å²) >= 11 is 0. The molecular weight excluding hydrogens is 214 g/mol. The molecule has 0 saturated carbocycles. The highest BCUT2D eigenvalue weighted by molar-refractivity contribution is 5.56. The van der Waals surface area contributed by atoms with Gasteiger partial charge in [-0.2, -0.15) is 0 Å². The van der Waals surface area contributed by atoms with Gasteiger partial charge in [0.05, 0.1) is 5.60 Å². The van der Waals surface area contributed by atoms with E-state index < -0.39 is 5.60 Å². The van der Waals surface area contributed by atoms with Gasteiger partial charge in [-0.1, -0.05) is 12.1 Å². The molecule has 2 N–H and O–H groups in total. The average Bonchev–Trinajstić information content (AvgIpc) is 2.30. The molecule has 2 aromatic rings. The lowest BCUT2D eigenvalue weighted by Gasteiger charge is -2.18. The zero-order chi connectivity index (χ0) is 12.3. The van der Waals surface area contributed by atoms with E-state index in [2.05, 4.69) is 15.3 Å². The maximum atomic E-state index is 9.83. The zero-order valence-corrected chi connectivity index (χ0v) is 9.88. The van der Waals surface area contributed by atoms with E-state index in [-0.39, 0.29) is 0 Å². The summed E-state index contributed by atoms with van der Waals surface area (Å²) in [6.07, 6.45) is 3.17. The molecule has 0 aliphatic heterocycles. The Bertz CT molecular complexity index is 474. The lowest BCUT2D eigenvalue weighted by molar-refractivity contribution is 0.0786. The first kappa shape index (κ1) is 11.5. The van der Waals surface area contributed by atoms with Crippen LogP contribution in [-0.2, 0) is 5.60 Å². The fourth-order valence-corrected chi connectivity index (χ4v) is 1.47. The number of rotatable bonds is 3. The van der Waals surface area contributed by atoms with Crippen LogP contribution in [0.15, 0.2) is 42.9 Å². The van der Waals surface area contributed by atoms with E-state index in [1.807, 2.05) is 24.3 Å². The maximum absolute atomic E-state index is 9.83. The summed E-state index contributed by atoms with van der Waals surface area (Å²) in [4.78, 5) is 7.92. The Kier molecular flexibility index (Phi) is 3.06. The van der Waals surface area contributed by atoms with Gasteiger partial charge >= 0.3 is 0 Å². The fourth-order valence-electron chi connectivity index (χ4n) is 1.47. The van der Waals surface area contributed by atoms with Crippen molar-refractivity contribution in [1.82, 2.24) is 9.97 Å². The molecule has 0 aliphatic rings. The molecule has 17 heavy (non-hydrogen) atoms. The molecule has 1 aromatic carbocycles. The van der Waals surface area contributed by atoms with Crippen molar-refractivity contribution in [2.45, 2.75) is 19.4 Å². The second-order valence-corrected chi connectivity index (χ2v) is 4.36. The third-order valence-corrected chi connectivity index (χ3v) is 2.45. The van der Waals surface area contributed by atoms with Crippen molar-refractivity contribution >= 4 is 11.5 Å². The third kappa shape index (κ3) is 3.01. The normalized spacial score (nSPS) is 11.2. The van der Waals surface area contributed by atoms with Gasteiger partial charge in [0, 0.05) is 11.9 Å². The Morgan fingerprint density at radius 3 is 2.35 bits per heavy atom. The predicted octanol–water partition coefficient (Wildman–Crippen LogP) is 2.45. The Labute approximate surface area is 100 Å². The van der Waals surface area contributed by atoms with Crippen molar-refractivity contribution in [3.8, 4) is 0 Å². The van der Waals surface area contributed by atoms with Gasteiger partial charge in [-0.3, -0.25) is 0 Å². The molecule has 0 fully saturated rings. The molecular formula is C13H15N3O. The van der Waals surface area contributed by atoms with Gasteiger partial charge in [0.15, 0.2) is 0 Å². The largest absolute Gasteiger partial charge is 0.386 e. The summed E-state index contributed by atoms with van der Waals surface area (Å²) < 4.78 is 0. The van der Waals surface area contributed by atoms with Crippen LogP contribution in [0.3, 0.4) is 0 Å². The minimum Gasteiger partial charge on any atom is -0.386 e. The summed E-state index contributed by atoms with van der Waals surface area (Å²) in [5.41, 5.74) is 0.996. The summed E-state index contributed by atoms with van der Waals surface area (Å²) in [6.45, 7) is 3.53. The third-order valence-electron chi connectivity index (χ3n) is 2.45. The SMILES string of the molecule is CC(C)(O)c1ccc(Nc2ccncn2)cc1. The summed E-state index contributed by atoms with van der Waals surface area (Å²) in [7, 11) is 0. The second-order valence-electron chi connectivity index (χ2n) is 4.36. The van der Waals surface area contributed by atoms with E-state index in [1.165, 1.54) is 6.33 Å². The number of benzene rings is 1. The molecule has 4 nitrogen and oxygen atoms in total. The highest BCUT2D eigenvalue weighted by Gasteiger charge is 2.14. The van der Waals surface area contributed by atoms with Crippen molar-refractivity contribution in [2.75, 3.05) is 5.32 Å². The Hall–Kier alpha value is -1.94. The van der Waals surface area contributed by atoms with Gasteiger partial charge in [-0.15, -0.1) is 0 Å². The second kappa shape index (κ2) is 4.51. The van der Waals surface area contributed by atoms with Crippen molar-refractivity contribution in [3.63, 3.8) is 0 Å². The highest BCUT2D eigenvalue weighted by Crippen LogP contribution is 2.22. The first-order valence-corrected chi connectivity index (χ1v) is 5.42. The van der Waals surface area contributed by atoms with Crippen LogP contribution in [0.1, 0.15) is 19.4 Å². The predicted molar refractivity (Wildman–Crippen MR) is 67.0 cm³/mol.